The first-order chi connectivity index (χ1) is 12.7. The number of halogens is 3. The number of rotatable bonds is 5. The van der Waals surface area contributed by atoms with E-state index in [1.807, 2.05) is 11.7 Å². The zero-order valence-electron chi connectivity index (χ0n) is 15.1. The van der Waals surface area contributed by atoms with E-state index < -0.39 is 12.1 Å². The van der Waals surface area contributed by atoms with Crippen LogP contribution in [0.25, 0.3) is 0 Å². The standard InChI is InChI=1S/C15H21N3OS.C2HF3O2/c1-3-19-10-13-7-18(6-12-4-5-20-11-12)9-15-14(13)8-17(2)16-15;3-2(4,5)1(6)7/h4-5,8,11,13H,3,6-7,9-10H2,1-2H3;(H,6,7). The normalized spacial score (nSPS) is 17.1. The van der Waals surface area contributed by atoms with Gasteiger partial charge in [0, 0.05) is 51.0 Å². The van der Waals surface area contributed by atoms with E-state index in [4.69, 9.17) is 14.6 Å². The molecule has 1 unspecified atom stereocenters. The Morgan fingerprint density at radius 3 is 2.74 bits per heavy atom. The third kappa shape index (κ3) is 6.33. The molecule has 0 spiro atoms. The van der Waals surface area contributed by atoms with Crippen molar-refractivity contribution >= 4 is 17.3 Å². The Hall–Kier alpha value is -1.91. The molecule has 0 aromatic carbocycles. The molecule has 10 heteroatoms. The van der Waals surface area contributed by atoms with Gasteiger partial charge in [-0.1, -0.05) is 0 Å². The zero-order chi connectivity index (χ0) is 20.0. The molecule has 2 aromatic rings. The van der Waals surface area contributed by atoms with Gasteiger partial charge in [-0.15, -0.1) is 0 Å². The second-order valence-electron chi connectivity index (χ2n) is 6.17. The van der Waals surface area contributed by atoms with Crippen LogP contribution in [0.2, 0.25) is 0 Å². The number of thiophene rings is 1. The van der Waals surface area contributed by atoms with Crippen LogP contribution in [-0.2, 0) is 29.7 Å². The summed E-state index contributed by atoms with van der Waals surface area (Å²) in [5, 5.41) is 16.1. The summed E-state index contributed by atoms with van der Waals surface area (Å²) in [6.07, 6.45) is -2.93. The second-order valence-corrected chi connectivity index (χ2v) is 6.95. The molecule has 1 aliphatic heterocycles. The van der Waals surface area contributed by atoms with Crippen LogP contribution in [0.15, 0.2) is 23.0 Å². The molecule has 3 heterocycles. The number of aromatic nitrogens is 2. The molecule has 27 heavy (non-hydrogen) atoms. The van der Waals surface area contributed by atoms with Crippen molar-refractivity contribution in [1.29, 1.82) is 0 Å². The Labute approximate surface area is 159 Å². The number of aryl methyl sites for hydroxylation is 1. The Bertz CT molecular complexity index is 732. The summed E-state index contributed by atoms with van der Waals surface area (Å²) in [4.78, 5) is 11.4. The van der Waals surface area contributed by atoms with E-state index in [1.165, 1.54) is 16.8 Å². The van der Waals surface area contributed by atoms with Crippen LogP contribution >= 0.6 is 11.3 Å². The SMILES string of the molecule is CCOCC1CN(Cc2ccsc2)Cc2nn(C)cc21.O=C(O)C(F)(F)F. The summed E-state index contributed by atoms with van der Waals surface area (Å²) in [5.41, 5.74) is 3.96. The van der Waals surface area contributed by atoms with Crippen LogP contribution in [0.1, 0.15) is 29.7 Å². The van der Waals surface area contributed by atoms with Crippen LogP contribution in [0.3, 0.4) is 0 Å². The van der Waals surface area contributed by atoms with Crippen LogP contribution < -0.4 is 0 Å². The highest BCUT2D eigenvalue weighted by molar-refractivity contribution is 7.07. The number of carbonyl (C=O) groups is 1. The molecular formula is C17H22F3N3O3S. The molecule has 2 aromatic heterocycles. The summed E-state index contributed by atoms with van der Waals surface area (Å²) in [6.45, 7) is 6.60. The minimum Gasteiger partial charge on any atom is -0.475 e. The summed E-state index contributed by atoms with van der Waals surface area (Å²) >= 11 is 1.76. The van der Waals surface area contributed by atoms with Gasteiger partial charge in [0.05, 0.1) is 12.3 Å². The molecule has 0 fully saturated rings. The van der Waals surface area contributed by atoms with Gasteiger partial charge in [0.1, 0.15) is 0 Å². The van der Waals surface area contributed by atoms with Gasteiger partial charge in [0.15, 0.2) is 0 Å². The van der Waals surface area contributed by atoms with Crippen molar-refractivity contribution in [2.24, 2.45) is 7.05 Å². The number of alkyl halides is 3. The zero-order valence-corrected chi connectivity index (χ0v) is 15.9. The number of aliphatic carboxylic acids is 1. The minimum absolute atomic E-state index is 0.436. The highest BCUT2D eigenvalue weighted by Gasteiger charge is 2.38. The van der Waals surface area contributed by atoms with Crippen LogP contribution in [0.5, 0.6) is 0 Å². The first kappa shape index (κ1) is 21.4. The minimum atomic E-state index is -5.08. The first-order valence-electron chi connectivity index (χ1n) is 8.34. The number of hydrogen-bond acceptors (Lipinski definition) is 5. The van der Waals surface area contributed by atoms with Gasteiger partial charge < -0.3 is 9.84 Å². The lowest BCUT2D eigenvalue weighted by atomic mass is 9.95. The van der Waals surface area contributed by atoms with E-state index in [2.05, 4.69) is 39.9 Å². The molecule has 150 valence electrons. The number of nitrogens with zero attached hydrogens (tertiary/aromatic N) is 3. The number of carboxylic acids is 1. The van der Waals surface area contributed by atoms with Gasteiger partial charge >= 0.3 is 12.1 Å². The monoisotopic (exact) mass is 405 g/mol. The molecule has 0 saturated heterocycles. The molecule has 0 bridgehead atoms. The van der Waals surface area contributed by atoms with Crippen molar-refractivity contribution in [3.63, 3.8) is 0 Å². The predicted molar refractivity (Wildman–Crippen MR) is 94.6 cm³/mol. The number of carboxylic acid groups (broad SMARTS) is 1. The fourth-order valence-electron chi connectivity index (χ4n) is 2.87. The average Bonchev–Trinajstić information content (AvgIpc) is 3.21. The van der Waals surface area contributed by atoms with Crippen molar-refractivity contribution in [3.05, 3.63) is 39.8 Å². The second kappa shape index (κ2) is 9.34. The van der Waals surface area contributed by atoms with E-state index in [-0.39, 0.29) is 0 Å². The van der Waals surface area contributed by atoms with Crippen LogP contribution in [-0.4, -0.2) is 51.7 Å². The van der Waals surface area contributed by atoms with Gasteiger partial charge in [0.2, 0.25) is 0 Å². The Balaban J connectivity index is 0.000000321. The van der Waals surface area contributed by atoms with Crippen LogP contribution in [0.4, 0.5) is 13.2 Å². The highest BCUT2D eigenvalue weighted by Crippen LogP contribution is 2.29. The molecule has 1 atom stereocenters. The lowest BCUT2D eigenvalue weighted by Crippen LogP contribution is -2.34. The maximum Gasteiger partial charge on any atom is 0.490 e. The molecule has 3 rings (SSSR count). The lowest BCUT2D eigenvalue weighted by Gasteiger charge is -2.31. The Morgan fingerprint density at radius 1 is 1.48 bits per heavy atom. The van der Waals surface area contributed by atoms with Gasteiger partial charge in [-0.25, -0.2) is 4.79 Å². The fraction of sp³-hybridized carbons (Fsp3) is 0.529. The fourth-order valence-corrected chi connectivity index (χ4v) is 3.53. The summed E-state index contributed by atoms with van der Waals surface area (Å²) < 4.78 is 39.3. The number of ether oxygens (including phenoxy) is 1. The average molecular weight is 405 g/mol. The Morgan fingerprint density at radius 2 is 2.19 bits per heavy atom. The van der Waals surface area contributed by atoms with E-state index >= 15 is 0 Å². The summed E-state index contributed by atoms with van der Waals surface area (Å²) in [5.74, 6) is -2.32. The highest BCUT2D eigenvalue weighted by atomic mass is 32.1. The van der Waals surface area contributed by atoms with Gasteiger partial charge in [-0.3, -0.25) is 9.58 Å². The van der Waals surface area contributed by atoms with E-state index in [0.717, 1.165) is 32.8 Å². The Kier molecular flexibility index (Phi) is 7.40. The molecule has 1 aliphatic rings. The molecule has 0 saturated carbocycles. The smallest absolute Gasteiger partial charge is 0.475 e. The van der Waals surface area contributed by atoms with E-state index in [1.54, 1.807) is 11.3 Å². The van der Waals surface area contributed by atoms with Gasteiger partial charge in [0.25, 0.3) is 0 Å². The van der Waals surface area contributed by atoms with E-state index in [0.29, 0.717) is 5.92 Å². The predicted octanol–water partition coefficient (Wildman–Crippen LogP) is 3.25. The van der Waals surface area contributed by atoms with Crippen molar-refractivity contribution < 1.29 is 27.8 Å². The van der Waals surface area contributed by atoms with Gasteiger partial charge in [-0.05, 0) is 29.3 Å². The largest absolute Gasteiger partial charge is 0.490 e. The number of hydrogen-bond donors (Lipinski definition) is 1. The topological polar surface area (TPSA) is 67.6 Å². The van der Waals surface area contributed by atoms with Crippen LogP contribution in [0, 0.1) is 0 Å². The third-order valence-corrected chi connectivity index (χ3v) is 4.71. The molecule has 6 nitrogen and oxygen atoms in total. The van der Waals surface area contributed by atoms with Crippen molar-refractivity contribution in [2.75, 3.05) is 19.8 Å². The molecule has 0 aliphatic carbocycles. The maximum atomic E-state index is 10.6. The van der Waals surface area contributed by atoms with Gasteiger partial charge in [-0.2, -0.15) is 29.6 Å². The molecule has 0 amide bonds. The van der Waals surface area contributed by atoms with Crippen molar-refractivity contribution in [3.8, 4) is 0 Å². The summed E-state index contributed by atoms with van der Waals surface area (Å²) in [6, 6.07) is 2.20. The maximum absolute atomic E-state index is 10.6. The third-order valence-electron chi connectivity index (χ3n) is 3.98. The van der Waals surface area contributed by atoms with Crippen molar-refractivity contribution in [2.45, 2.75) is 32.1 Å². The van der Waals surface area contributed by atoms with E-state index in [9.17, 15) is 13.2 Å². The first-order valence-corrected chi connectivity index (χ1v) is 9.28. The number of fused-ring (bicyclic) bond motifs is 1. The molecular weight excluding hydrogens is 383 g/mol. The quantitative estimate of drug-likeness (QED) is 0.827. The molecule has 0 radical (unpaired) electrons. The lowest BCUT2D eigenvalue weighted by molar-refractivity contribution is -0.192. The molecule has 1 N–H and O–H groups in total. The van der Waals surface area contributed by atoms with Crippen molar-refractivity contribution in [1.82, 2.24) is 14.7 Å². The summed E-state index contributed by atoms with van der Waals surface area (Å²) in [7, 11) is 2.00.